The smallest absolute Gasteiger partial charge is 0.257 e. The summed E-state index contributed by atoms with van der Waals surface area (Å²) >= 11 is 0. The highest BCUT2D eigenvalue weighted by Crippen LogP contribution is 2.25. The van der Waals surface area contributed by atoms with E-state index < -0.39 is 10.0 Å². The van der Waals surface area contributed by atoms with Gasteiger partial charge in [0.25, 0.3) is 10.0 Å². The molecule has 1 heterocycles. The lowest BCUT2D eigenvalue weighted by Gasteiger charge is -2.26. The Bertz CT molecular complexity index is 1070. The average Bonchev–Trinajstić information content (AvgIpc) is 2.84. The average molecular weight is 468 g/mol. The Kier molecular flexibility index (Phi) is 10.2. The molecule has 0 bridgehead atoms. The molecule has 1 aromatic heterocycles. The third-order valence-corrected chi connectivity index (χ3v) is 7.27. The van der Waals surface area contributed by atoms with Crippen LogP contribution >= 0.6 is 0 Å². The van der Waals surface area contributed by atoms with Crippen LogP contribution in [0.25, 0.3) is 10.9 Å². The zero-order valence-electron chi connectivity index (χ0n) is 19.7. The molecule has 0 aliphatic rings. The van der Waals surface area contributed by atoms with Gasteiger partial charge in [-0.2, -0.15) is 0 Å². The fraction of sp³-hybridized carbons (Fsp3) is 0.444. The Morgan fingerprint density at radius 2 is 1.39 bits per heavy atom. The summed E-state index contributed by atoms with van der Waals surface area (Å²) in [6, 6.07) is 18.3. The van der Waals surface area contributed by atoms with Crippen LogP contribution in [-0.4, -0.2) is 19.9 Å². The number of nitrogens with zero attached hydrogens (tertiary/aromatic N) is 2. The number of hydrogen-bond donors (Lipinski definition) is 1. The molecular formula is C27H37N3O2S. The summed E-state index contributed by atoms with van der Waals surface area (Å²) < 4.78 is 26.1. The Balaban J connectivity index is 1.63. The first kappa shape index (κ1) is 25.2. The first-order chi connectivity index (χ1) is 16.1. The van der Waals surface area contributed by atoms with Gasteiger partial charge in [0.05, 0.1) is 16.1 Å². The number of benzene rings is 2. The summed E-state index contributed by atoms with van der Waals surface area (Å²) in [5.74, 6) is 0. The number of aromatic nitrogens is 1. The zero-order chi connectivity index (χ0) is 23.4. The van der Waals surface area contributed by atoms with E-state index in [0.29, 0.717) is 6.54 Å². The van der Waals surface area contributed by atoms with Gasteiger partial charge in [-0.1, -0.05) is 101 Å². The topological polar surface area (TPSA) is 62.3 Å². The van der Waals surface area contributed by atoms with Gasteiger partial charge in [0.1, 0.15) is 0 Å². The second kappa shape index (κ2) is 13.3. The van der Waals surface area contributed by atoms with Crippen molar-refractivity contribution in [3.8, 4) is 0 Å². The van der Waals surface area contributed by atoms with Crippen molar-refractivity contribution in [3.05, 3.63) is 66.9 Å². The van der Waals surface area contributed by atoms with Crippen molar-refractivity contribution in [2.75, 3.05) is 11.6 Å². The number of anilines is 1. The van der Waals surface area contributed by atoms with Crippen LogP contribution in [0, 0.1) is 0 Å². The van der Waals surface area contributed by atoms with Crippen LogP contribution < -0.4 is 9.84 Å². The van der Waals surface area contributed by atoms with Gasteiger partial charge in [-0.15, -0.1) is 4.83 Å². The standard InChI is InChI=1S/C27H37N3O2S/c1-2-3-4-5-6-7-8-9-10-14-23-30(29-33(31,32)25-19-12-11-13-20-25)26-21-15-17-24-18-16-22-28-27(24)26/h11-13,15-22,29H,2-10,14,23H2,1H3. The summed E-state index contributed by atoms with van der Waals surface area (Å²) in [7, 11) is -3.69. The molecule has 0 saturated carbocycles. The van der Waals surface area contributed by atoms with Crippen LogP contribution in [0.1, 0.15) is 71.1 Å². The lowest BCUT2D eigenvalue weighted by molar-refractivity contribution is 0.547. The molecule has 0 amide bonds. The number of para-hydroxylation sites is 1. The molecule has 5 nitrogen and oxygen atoms in total. The monoisotopic (exact) mass is 467 g/mol. The second-order valence-electron chi connectivity index (χ2n) is 8.59. The molecule has 2 aromatic carbocycles. The summed E-state index contributed by atoms with van der Waals surface area (Å²) in [4.78, 5) is 7.60. The largest absolute Gasteiger partial charge is 0.293 e. The highest BCUT2D eigenvalue weighted by atomic mass is 32.2. The van der Waals surface area contributed by atoms with E-state index in [1.165, 1.54) is 51.4 Å². The molecule has 0 atom stereocenters. The molecule has 3 rings (SSSR count). The number of sulfonamides is 1. The van der Waals surface area contributed by atoms with E-state index in [4.69, 9.17) is 0 Å². The highest BCUT2D eigenvalue weighted by Gasteiger charge is 2.20. The third-order valence-electron chi connectivity index (χ3n) is 5.92. The Hall–Kier alpha value is -2.44. The minimum atomic E-state index is -3.69. The van der Waals surface area contributed by atoms with Crippen LogP contribution in [0.4, 0.5) is 5.69 Å². The number of hydrogen-bond acceptors (Lipinski definition) is 4. The van der Waals surface area contributed by atoms with Gasteiger partial charge in [-0.25, -0.2) is 8.42 Å². The Labute approximate surface area is 199 Å². The van der Waals surface area contributed by atoms with Gasteiger partial charge in [0, 0.05) is 18.1 Å². The summed E-state index contributed by atoms with van der Waals surface area (Å²) in [5, 5.41) is 2.74. The van der Waals surface area contributed by atoms with E-state index in [9.17, 15) is 8.42 Å². The number of nitrogens with one attached hydrogen (secondary N) is 1. The molecule has 178 valence electrons. The summed E-state index contributed by atoms with van der Waals surface area (Å²) in [6.07, 6.45) is 14.1. The van der Waals surface area contributed by atoms with Crippen molar-refractivity contribution in [2.45, 2.75) is 76.0 Å². The molecule has 0 unspecified atom stereocenters. The van der Waals surface area contributed by atoms with Crippen molar-refractivity contribution in [1.82, 2.24) is 9.82 Å². The van der Waals surface area contributed by atoms with E-state index in [0.717, 1.165) is 29.4 Å². The molecule has 0 radical (unpaired) electrons. The Morgan fingerprint density at radius 3 is 2.09 bits per heavy atom. The fourth-order valence-corrected chi connectivity index (χ4v) is 5.18. The molecule has 0 spiro atoms. The van der Waals surface area contributed by atoms with E-state index in [1.807, 2.05) is 36.4 Å². The van der Waals surface area contributed by atoms with Crippen molar-refractivity contribution >= 4 is 26.6 Å². The number of rotatable bonds is 15. The molecule has 0 fully saturated rings. The zero-order valence-corrected chi connectivity index (χ0v) is 20.6. The molecule has 0 aliphatic heterocycles. The van der Waals surface area contributed by atoms with Crippen LogP contribution in [0.2, 0.25) is 0 Å². The fourth-order valence-electron chi connectivity index (χ4n) is 4.08. The number of unbranched alkanes of at least 4 members (excludes halogenated alkanes) is 9. The normalized spacial score (nSPS) is 11.7. The van der Waals surface area contributed by atoms with Gasteiger partial charge in [0.2, 0.25) is 0 Å². The van der Waals surface area contributed by atoms with Crippen LogP contribution in [0.15, 0.2) is 71.8 Å². The molecule has 33 heavy (non-hydrogen) atoms. The third kappa shape index (κ3) is 7.83. The van der Waals surface area contributed by atoms with Gasteiger partial charge in [-0.05, 0) is 30.7 Å². The minimum absolute atomic E-state index is 0.256. The lowest BCUT2D eigenvalue weighted by Crippen LogP contribution is -2.43. The molecule has 6 heteroatoms. The molecule has 1 N–H and O–H groups in total. The molecular weight excluding hydrogens is 430 g/mol. The van der Waals surface area contributed by atoms with Gasteiger partial charge in [0.15, 0.2) is 0 Å². The van der Waals surface area contributed by atoms with Crippen LogP contribution in [0.5, 0.6) is 0 Å². The SMILES string of the molecule is CCCCCCCCCCCCN(NS(=O)(=O)c1ccccc1)c1cccc2cccnc12. The van der Waals surface area contributed by atoms with E-state index in [2.05, 4.69) is 16.7 Å². The van der Waals surface area contributed by atoms with Crippen molar-refractivity contribution in [2.24, 2.45) is 0 Å². The van der Waals surface area contributed by atoms with Crippen LogP contribution in [-0.2, 0) is 10.0 Å². The maximum Gasteiger partial charge on any atom is 0.257 e. The van der Waals surface area contributed by atoms with E-state index in [-0.39, 0.29) is 4.90 Å². The maximum atomic E-state index is 13.1. The van der Waals surface area contributed by atoms with Crippen molar-refractivity contribution in [1.29, 1.82) is 0 Å². The number of pyridine rings is 1. The summed E-state index contributed by atoms with van der Waals surface area (Å²) in [5.41, 5.74) is 1.58. The predicted octanol–water partition coefficient (Wildman–Crippen LogP) is 6.86. The lowest BCUT2D eigenvalue weighted by atomic mass is 10.1. The van der Waals surface area contributed by atoms with Gasteiger partial charge >= 0.3 is 0 Å². The van der Waals surface area contributed by atoms with Crippen molar-refractivity contribution in [3.63, 3.8) is 0 Å². The quantitative estimate of drug-likeness (QED) is 0.196. The molecule has 0 aliphatic carbocycles. The Morgan fingerprint density at radius 1 is 0.758 bits per heavy atom. The second-order valence-corrected chi connectivity index (χ2v) is 10.3. The maximum absolute atomic E-state index is 13.1. The molecule has 0 saturated heterocycles. The minimum Gasteiger partial charge on any atom is -0.293 e. The first-order valence-electron chi connectivity index (χ1n) is 12.3. The first-order valence-corrected chi connectivity index (χ1v) is 13.8. The van der Waals surface area contributed by atoms with E-state index >= 15 is 0 Å². The van der Waals surface area contributed by atoms with Crippen molar-refractivity contribution < 1.29 is 8.42 Å². The van der Waals surface area contributed by atoms with Gasteiger partial charge < -0.3 is 0 Å². The summed E-state index contributed by atoms with van der Waals surface area (Å²) in [6.45, 7) is 2.84. The van der Waals surface area contributed by atoms with Crippen LogP contribution in [0.3, 0.4) is 0 Å². The number of fused-ring (bicyclic) bond motifs is 1. The predicted molar refractivity (Wildman–Crippen MR) is 138 cm³/mol. The molecule has 3 aromatic rings. The number of hydrazine groups is 1. The van der Waals surface area contributed by atoms with E-state index in [1.54, 1.807) is 35.5 Å². The van der Waals surface area contributed by atoms with Gasteiger partial charge in [-0.3, -0.25) is 9.99 Å². The highest BCUT2D eigenvalue weighted by molar-refractivity contribution is 7.89.